The lowest BCUT2D eigenvalue weighted by Gasteiger charge is -2.29. The molecular formula is C13H23N3O6. The first-order valence-electron chi connectivity index (χ1n) is 6.55. The molecule has 0 saturated heterocycles. The van der Waals surface area contributed by atoms with Crippen molar-refractivity contribution in [3.63, 3.8) is 0 Å². The molecule has 9 nitrogen and oxygen atoms in total. The van der Waals surface area contributed by atoms with Crippen LogP contribution in [0.3, 0.4) is 0 Å². The Kier molecular flexibility index (Phi) is 7.51. The molecule has 1 N–H and O–H groups in total. The second-order valence-corrected chi connectivity index (χ2v) is 5.01. The van der Waals surface area contributed by atoms with E-state index >= 15 is 0 Å². The molecule has 0 heterocycles. The lowest BCUT2D eigenvalue weighted by atomic mass is 10.1. The minimum Gasteiger partial charge on any atom is -0.467 e. The van der Waals surface area contributed by atoms with Crippen molar-refractivity contribution < 1.29 is 29.0 Å². The zero-order chi connectivity index (χ0) is 17.6. The number of aliphatic hydroxyl groups is 1. The van der Waals surface area contributed by atoms with E-state index in [0.717, 1.165) is 16.9 Å². The summed E-state index contributed by atoms with van der Waals surface area (Å²) in [6, 6.07) is -2.12. The number of hydrogen-bond acceptors (Lipinski definition) is 6. The summed E-state index contributed by atoms with van der Waals surface area (Å²) >= 11 is 0. The molecule has 0 bridgehead atoms. The number of methoxy groups -OCH3 is 1. The van der Waals surface area contributed by atoms with Crippen LogP contribution in [0.1, 0.15) is 13.3 Å². The third-order valence-electron chi connectivity index (χ3n) is 3.17. The van der Waals surface area contributed by atoms with E-state index < -0.39 is 42.4 Å². The van der Waals surface area contributed by atoms with E-state index in [0.29, 0.717) is 0 Å². The number of imide groups is 1. The SMILES string of the molecule is COC(=O)C(O)CC(=O)[C@H](C)N(C)C(=O)N(C)C(=O)N(C)C. The maximum Gasteiger partial charge on any atom is 0.335 e. The summed E-state index contributed by atoms with van der Waals surface area (Å²) < 4.78 is 4.32. The topological polar surface area (TPSA) is 107 Å². The van der Waals surface area contributed by atoms with Crippen molar-refractivity contribution in [2.24, 2.45) is 0 Å². The van der Waals surface area contributed by atoms with Crippen molar-refractivity contribution in [3.8, 4) is 0 Å². The van der Waals surface area contributed by atoms with E-state index in [9.17, 15) is 24.3 Å². The highest BCUT2D eigenvalue weighted by molar-refractivity contribution is 5.96. The fourth-order valence-corrected chi connectivity index (χ4v) is 1.58. The molecule has 9 heteroatoms. The second-order valence-electron chi connectivity index (χ2n) is 5.01. The summed E-state index contributed by atoms with van der Waals surface area (Å²) in [5.74, 6) is -1.45. The molecule has 0 radical (unpaired) electrons. The van der Waals surface area contributed by atoms with Crippen molar-refractivity contribution in [1.29, 1.82) is 0 Å². The number of urea groups is 2. The third-order valence-corrected chi connectivity index (χ3v) is 3.17. The predicted molar refractivity (Wildman–Crippen MR) is 77.1 cm³/mol. The Balaban J connectivity index is 4.80. The Morgan fingerprint density at radius 1 is 1.05 bits per heavy atom. The van der Waals surface area contributed by atoms with Crippen LogP contribution in [0.15, 0.2) is 0 Å². The molecule has 22 heavy (non-hydrogen) atoms. The predicted octanol–water partition coefficient (Wildman–Crippen LogP) is -0.467. The van der Waals surface area contributed by atoms with Gasteiger partial charge in [0.05, 0.1) is 13.2 Å². The van der Waals surface area contributed by atoms with Crippen molar-refractivity contribution in [1.82, 2.24) is 14.7 Å². The molecule has 0 aliphatic heterocycles. The number of carbonyl (C=O) groups excluding carboxylic acids is 4. The van der Waals surface area contributed by atoms with Gasteiger partial charge in [0, 0.05) is 34.6 Å². The van der Waals surface area contributed by atoms with Gasteiger partial charge in [-0.1, -0.05) is 0 Å². The Morgan fingerprint density at radius 3 is 1.95 bits per heavy atom. The molecule has 0 aliphatic rings. The fourth-order valence-electron chi connectivity index (χ4n) is 1.58. The van der Waals surface area contributed by atoms with Crippen LogP contribution in [0, 0.1) is 0 Å². The molecule has 0 aromatic carbocycles. The second kappa shape index (κ2) is 8.32. The van der Waals surface area contributed by atoms with Crippen LogP contribution in [-0.2, 0) is 14.3 Å². The van der Waals surface area contributed by atoms with E-state index in [4.69, 9.17) is 0 Å². The van der Waals surface area contributed by atoms with Crippen LogP contribution in [0.2, 0.25) is 0 Å². The van der Waals surface area contributed by atoms with Gasteiger partial charge in [-0.05, 0) is 6.92 Å². The summed E-state index contributed by atoms with van der Waals surface area (Å²) in [5.41, 5.74) is 0. The molecule has 0 saturated carbocycles. The number of hydrogen-bond donors (Lipinski definition) is 1. The summed E-state index contributed by atoms with van der Waals surface area (Å²) in [4.78, 5) is 50.0. The van der Waals surface area contributed by atoms with Crippen LogP contribution < -0.4 is 0 Å². The third kappa shape index (κ3) is 4.99. The summed E-state index contributed by atoms with van der Waals surface area (Å²) in [6.07, 6.45) is -2.05. The van der Waals surface area contributed by atoms with E-state index in [2.05, 4.69) is 4.74 Å². The number of Topliss-reactive ketones (excluding diaryl/α,β-unsaturated/α-hetero) is 1. The first kappa shape index (κ1) is 19.8. The molecule has 0 fully saturated rings. The van der Waals surface area contributed by atoms with E-state index in [-0.39, 0.29) is 0 Å². The molecule has 2 atom stereocenters. The lowest BCUT2D eigenvalue weighted by Crippen LogP contribution is -2.51. The number of aliphatic hydroxyl groups excluding tert-OH is 1. The van der Waals surface area contributed by atoms with Gasteiger partial charge >= 0.3 is 18.0 Å². The Hall–Kier alpha value is -2.16. The number of amides is 4. The fraction of sp³-hybridized carbons (Fsp3) is 0.692. The Bertz CT molecular complexity index is 451. The standard InChI is InChI=1S/C13H23N3O6/c1-8(9(17)7-10(18)11(19)22-6)15(4)13(21)16(5)12(20)14(2)3/h8,10,18H,7H2,1-6H3/t8-,10?/m0/s1. The number of rotatable bonds is 5. The Morgan fingerprint density at radius 2 is 1.55 bits per heavy atom. The monoisotopic (exact) mass is 317 g/mol. The van der Waals surface area contributed by atoms with Crippen molar-refractivity contribution in [2.75, 3.05) is 35.3 Å². The van der Waals surface area contributed by atoms with Gasteiger partial charge in [-0.2, -0.15) is 0 Å². The van der Waals surface area contributed by atoms with Crippen molar-refractivity contribution in [3.05, 3.63) is 0 Å². The van der Waals surface area contributed by atoms with Gasteiger partial charge in [-0.3, -0.25) is 4.79 Å². The van der Waals surface area contributed by atoms with E-state index in [1.807, 2.05) is 0 Å². The number of carbonyl (C=O) groups is 4. The molecular weight excluding hydrogens is 294 g/mol. The first-order valence-corrected chi connectivity index (χ1v) is 6.55. The van der Waals surface area contributed by atoms with Crippen LogP contribution in [0.25, 0.3) is 0 Å². The molecule has 0 aliphatic carbocycles. The van der Waals surface area contributed by atoms with Crippen LogP contribution in [-0.4, -0.2) is 91.1 Å². The van der Waals surface area contributed by atoms with Crippen molar-refractivity contribution >= 4 is 23.8 Å². The molecule has 4 amide bonds. The van der Waals surface area contributed by atoms with E-state index in [1.54, 1.807) is 0 Å². The van der Waals surface area contributed by atoms with Crippen LogP contribution >= 0.6 is 0 Å². The molecule has 126 valence electrons. The van der Waals surface area contributed by atoms with Crippen molar-refractivity contribution in [2.45, 2.75) is 25.5 Å². The minimum atomic E-state index is -1.58. The summed E-state index contributed by atoms with van der Waals surface area (Å²) in [5, 5.41) is 9.46. The molecule has 0 rings (SSSR count). The highest BCUT2D eigenvalue weighted by Crippen LogP contribution is 2.08. The van der Waals surface area contributed by atoms with Crippen LogP contribution in [0.4, 0.5) is 9.59 Å². The number of ether oxygens (including phenoxy) is 1. The quantitative estimate of drug-likeness (QED) is 0.687. The maximum absolute atomic E-state index is 12.1. The van der Waals surface area contributed by atoms with Gasteiger partial charge in [0.15, 0.2) is 11.9 Å². The summed E-state index contributed by atoms with van der Waals surface area (Å²) in [7, 11) is 6.73. The minimum absolute atomic E-state index is 0.475. The zero-order valence-electron chi connectivity index (χ0n) is 13.7. The molecule has 0 aromatic rings. The maximum atomic E-state index is 12.1. The van der Waals surface area contributed by atoms with Gasteiger partial charge in [-0.25, -0.2) is 19.3 Å². The average molecular weight is 317 g/mol. The largest absolute Gasteiger partial charge is 0.467 e. The normalized spacial score (nSPS) is 12.9. The number of esters is 1. The van der Waals surface area contributed by atoms with Gasteiger partial charge in [0.25, 0.3) is 0 Å². The highest BCUT2D eigenvalue weighted by atomic mass is 16.5. The first-order chi connectivity index (χ1) is 10.0. The number of likely N-dealkylation sites (N-methyl/N-ethyl adjacent to an activating group) is 1. The van der Waals surface area contributed by atoms with Gasteiger partial charge in [-0.15, -0.1) is 0 Å². The average Bonchev–Trinajstić information content (AvgIpc) is 2.49. The van der Waals surface area contributed by atoms with Gasteiger partial charge in [0.1, 0.15) is 0 Å². The molecule has 1 unspecified atom stereocenters. The number of nitrogens with zero attached hydrogens (tertiary/aromatic N) is 3. The summed E-state index contributed by atoms with van der Waals surface area (Å²) in [6.45, 7) is 1.44. The zero-order valence-corrected chi connectivity index (χ0v) is 13.7. The van der Waals surface area contributed by atoms with Gasteiger partial charge < -0.3 is 19.6 Å². The Labute approximate surface area is 129 Å². The number of ketones is 1. The highest BCUT2D eigenvalue weighted by Gasteiger charge is 2.30. The van der Waals surface area contributed by atoms with Gasteiger partial charge in [0.2, 0.25) is 0 Å². The van der Waals surface area contributed by atoms with Crippen LogP contribution in [0.5, 0.6) is 0 Å². The molecule has 0 spiro atoms. The smallest absolute Gasteiger partial charge is 0.335 e. The molecule has 0 aromatic heterocycles. The van der Waals surface area contributed by atoms with E-state index in [1.165, 1.54) is 40.0 Å². The lowest BCUT2D eigenvalue weighted by molar-refractivity contribution is -0.152.